The third-order valence-electron chi connectivity index (χ3n) is 6.88. The molecule has 3 aromatic carbocycles. The predicted octanol–water partition coefficient (Wildman–Crippen LogP) is 5.41. The number of para-hydroxylation sites is 2. The Labute approximate surface area is 188 Å². The molecule has 1 amide bonds. The van der Waals surface area contributed by atoms with E-state index in [0.29, 0.717) is 0 Å². The van der Waals surface area contributed by atoms with E-state index in [1.807, 2.05) is 65.6 Å². The summed E-state index contributed by atoms with van der Waals surface area (Å²) in [7, 11) is 0. The van der Waals surface area contributed by atoms with Gasteiger partial charge < -0.3 is 14.2 Å². The van der Waals surface area contributed by atoms with Gasteiger partial charge in [0.15, 0.2) is 0 Å². The second-order valence-electron chi connectivity index (χ2n) is 8.69. The lowest BCUT2D eigenvalue weighted by Crippen LogP contribution is -2.33. The molecule has 0 saturated carbocycles. The lowest BCUT2D eigenvalue weighted by atomic mass is 9.99. The van der Waals surface area contributed by atoms with Gasteiger partial charge >= 0.3 is 0 Å². The number of fused-ring (bicyclic) bond motifs is 3. The number of rotatable bonds is 3. The largest absolute Gasteiger partial charge is 0.486 e. The first-order chi connectivity index (χ1) is 15.8. The maximum Gasteiger partial charge on any atom is 0.253 e. The highest BCUT2D eigenvalue weighted by Gasteiger charge is 2.30. The van der Waals surface area contributed by atoms with Crippen molar-refractivity contribution in [3.05, 3.63) is 101 Å². The first-order valence-corrected chi connectivity index (χ1v) is 11.5. The van der Waals surface area contributed by atoms with Crippen molar-refractivity contribution in [2.24, 2.45) is 0 Å². The summed E-state index contributed by atoms with van der Waals surface area (Å²) in [5.41, 5.74) is 6.19. The number of aryl methyl sites for hydroxylation is 1. The first-order valence-electron chi connectivity index (χ1n) is 11.5. The maximum absolute atomic E-state index is 13.0. The van der Waals surface area contributed by atoms with E-state index in [0.717, 1.165) is 50.2 Å². The SMILES string of the molecule is O=C(c1ccccc1)N1CCc2c(n3c4c(cccc24)C(Oc2ccccc2)CC3)CC1. The minimum atomic E-state index is 0.0725. The summed E-state index contributed by atoms with van der Waals surface area (Å²) in [5, 5.41) is 1.33. The molecule has 2 aliphatic rings. The van der Waals surface area contributed by atoms with Crippen LogP contribution in [-0.2, 0) is 19.4 Å². The van der Waals surface area contributed by atoms with Gasteiger partial charge in [-0.05, 0) is 36.2 Å². The van der Waals surface area contributed by atoms with Crippen molar-refractivity contribution >= 4 is 16.8 Å². The summed E-state index contributed by atoms with van der Waals surface area (Å²) in [6, 6.07) is 26.4. The van der Waals surface area contributed by atoms with E-state index in [1.54, 1.807) is 0 Å². The lowest BCUT2D eigenvalue weighted by molar-refractivity contribution is 0.0762. The van der Waals surface area contributed by atoms with Gasteiger partial charge in [0.05, 0.1) is 5.52 Å². The molecule has 0 radical (unpaired) electrons. The standard InChI is InChI=1S/C28H26N2O2/c31-28(20-8-3-1-4-9-20)29-17-14-22-23-12-7-13-24-26(32-21-10-5-2-6-11-21)16-19-30(27(23)24)25(22)15-18-29/h1-13,26H,14-19H2. The van der Waals surface area contributed by atoms with Crippen molar-refractivity contribution in [2.45, 2.75) is 31.9 Å². The van der Waals surface area contributed by atoms with Gasteiger partial charge in [-0.25, -0.2) is 0 Å². The van der Waals surface area contributed by atoms with Crippen LogP contribution in [0.25, 0.3) is 10.9 Å². The molecule has 0 N–H and O–H groups in total. The highest BCUT2D eigenvalue weighted by molar-refractivity contribution is 5.94. The molecular weight excluding hydrogens is 396 g/mol. The summed E-state index contributed by atoms with van der Waals surface area (Å²) < 4.78 is 8.89. The van der Waals surface area contributed by atoms with Crippen LogP contribution < -0.4 is 4.74 Å². The molecule has 160 valence electrons. The predicted molar refractivity (Wildman–Crippen MR) is 126 cm³/mol. The van der Waals surface area contributed by atoms with Gasteiger partial charge in [0.25, 0.3) is 5.91 Å². The van der Waals surface area contributed by atoms with Crippen LogP contribution in [0, 0.1) is 0 Å². The zero-order chi connectivity index (χ0) is 21.5. The smallest absolute Gasteiger partial charge is 0.253 e. The monoisotopic (exact) mass is 422 g/mol. The molecule has 4 nitrogen and oxygen atoms in total. The zero-order valence-corrected chi connectivity index (χ0v) is 18.0. The highest BCUT2D eigenvalue weighted by atomic mass is 16.5. The molecule has 1 aromatic heterocycles. The summed E-state index contributed by atoms with van der Waals surface area (Å²) in [6.45, 7) is 2.47. The van der Waals surface area contributed by atoms with E-state index < -0.39 is 0 Å². The van der Waals surface area contributed by atoms with Crippen molar-refractivity contribution in [3.63, 3.8) is 0 Å². The number of benzene rings is 3. The molecule has 0 spiro atoms. The minimum Gasteiger partial charge on any atom is -0.486 e. The fourth-order valence-corrected chi connectivity index (χ4v) is 5.38. The van der Waals surface area contributed by atoms with Crippen molar-refractivity contribution in [1.29, 1.82) is 0 Å². The van der Waals surface area contributed by atoms with Crippen molar-refractivity contribution in [1.82, 2.24) is 9.47 Å². The number of amides is 1. The molecule has 1 unspecified atom stereocenters. The third kappa shape index (κ3) is 3.18. The van der Waals surface area contributed by atoms with E-state index in [2.05, 4.69) is 22.8 Å². The second kappa shape index (κ2) is 7.86. The van der Waals surface area contributed by atoms with Crippen LogP contribution in [0.15, 0.2) is 78.9 Å². The van der Waals surface area contributed by atoms with Gasteiger partial charge in [-0.2, -0.15) is 0 Å². The first kappa shape index (κ1) is 19.2. The Morgan fingerprint density at radius 1 is 0.812 bits per heavy atom. The Balaban J connectivity index is 1.32. The van der Waals surface area contributed by atoms with Gasteiger partial charge in [-0.1, -0.05) is 54.6 Å². The van der Waals surface area contributed by atoms with Crippen LogP contribution in [0.4, 0.5) is 0 Å². The Bertz CT molecular complexity index is 1280. The topological polar surface area (TPSA) is 34.5 Å². The van der Waals surface area contributed by atoms with Crippen molar-refractivity contribution in [3.8, 4) is 5.75 Å². The molecule has 4 aromatic rings. The highest BCUT2D eigenvalue weighted by Crippen LogP contribution is 2.40. The average molecular weight is 423 g/mol. The molecule has 0 saturated heterocycles. The van der Waals surface area contributed by atoms with Gasteiger partial charge in [0.1, 0.15) is 11.9 Å². The summed E-state index contributed by atoms with van der Waals surface area (Å²) in [4.78, 5) is 15.0. The molecule has 0 aliphatic carbocycles. The summed E-state index contributed by atoms with van der Waals surface area (Å²) >= 11 is 0. The van der Waals surface area contributed by atoms with Crippen molar-refractivity contribution in [2.75, 3.05) is 13.1 Å². The van der Waals surface area contributed by atoms with E-state index in [-0.39, 0.29) is 12.0 Å². The average Bonchev–Trinajstić information content (AvgIpc) is 3.00. The maximum atomic E-state index is 13.0. The van der Waals surface area contributed by atoms with Gasteiger partial charge in [-0.3, -0.25) is 4.79 Å². The van der Waals surface area contributed by atoms with E-state index >= 15 is 0 Å². The van der Waals surface area contributed by atoms with Crippen LogP contribution in [-0.4, -0.2) is 28.5 Å². The van der Waals surface area contributed by atoms with Gasteiger partial charge in [0.2, 0.25) is 0 Å². The molecule has 3 heterocycles. The number of ether oxygens (including phenoxy) is 1. The number of aromatic nitrogens is 1. The lowest BCUT2D eigenvalue weighted by Gasteiger charge is -2.27. The van der Waals surface area contributed by atoms with Crippen LogP contribution in [0.1, 0.15) is 39.7 Å². The number of carbonyl (C=O) groups excluding carboxylic acids is 1. The second-order valence-corrected chi connectivity index (χ2v) is 8.69. The van der Waals surface area contributed by atoms with Crippen LogP contribution in [0.3, 0.4) is 0 Å². The molecule has 4 heteroatoms. The van der Waals surface area contributed by atoms with Crippen molar-refractivity contribution < 1.29 is 9.53 Å². The molecule has 2 aliphatic heterocycles. The summed E-state index contributed by atoms with van der Waals surface area (Å²) in [6.07, 6.45) is 2.81. The molecule has 0 bridgehead atoms. The quantitative estimate of drug-likeness (QED) is 0.443. The Morgan fingerprint density at radius 3 is 2.38 bits per heavy atom. The number of hydrogen-bond donors (Lipinski definition) is 0. The van der Waals surface area contributed by atoms with Gasteiger partial charge in [-0.15, -0.1) is 0 Å². The number of carbonyl (C=O) groups is 1. The molecule has 6 rings (SSSR count). The molecule has 0 fully saturated rings. The Morgan fingerprint density at radius 2 is 1.56 bits per heavy atom. The molecule has 32 heavy (non-hydrogen) atoms. The molecular formula is C28H26N2O2. The number of hydrogen-bond acceptors (Lipinski definition) is 2. The third-order valence-corrected chi connectivity index (χ3v) is 6.88. The fraction of sp³-hybridized carbons (Fsp3) is 0.250. The molecule has 1 atom stereocenters. The summed E-state index contributed by atoms with van der Waals surface area (Å²) in [5.74, 6) is 1.06. The normalized spacial score (nSPS) is 17.6. The fourth-order valence-electron chi connectivity index (χ4n) is 5.38. The van der Waals surface area contributed by atoms with E-state index in [4.69, 9.17) is 4.74 Å². The number of nitrogens with zero attached hydrogens (tertiary/aromatic N) is 2. The van der Waals surface area contributed by atoms with Crippen LogP contribution in [0.5, 0.6) is 5.75 Å². The van der Waals surface area contributed by atoms with E-state index in [1.165, 1.54) is 27.7 Å². The van der Waals surface area contributed by atoms with Crippen LogP contribution in [0.2, 0.25) is 0 Å². The Hall–Kier alpha value is -3.53. The van der Waals surface area contributed by atoms with Gasteiger partial charge in [0, 0.05) is 54.7 Å². The van der Waals surface area contributed by atoms with E-state index in [9.17, 15) is 4.79 Å². The zero-order valence-electron chi connectivity index (χ0n) is 18.0. The minimum absolute atomic E-state index is 0.0725. The van der Waals surface area contributed by atoms with Crippen LogP contribution >= 0.6 is 0 Å². The Kier molecular flexibility index (Phi) is 4.71.